The van der Waals surface area contributed by atoms with E-state index in [0.29, 0.717) is 53.8 Å². The SMILES string of the molecule is CCOc1cc(C(=O)NC(=S)Nc2c(C)ccc3nsnc23)cc(OCC)c1OCC. The van der Waals surface area contributed by atoms with Crippen LogP contribution in [0, 0.1) is 6.92 Å². The number of nitrogens with zero attached hydrogens (tertiary/aromatic N) is 2. The van der Waals surface area contributed by atoms with Crippen molar-refractivity contribution in [2.45, 2.75) is 27.7 Å². The monoisotopic (exact) mass is 460 g/mol. The summed E-state index contributed by atoms with van der Waals surface area (Å²) < 4.78 is 25.6. The molecule has 10 heteroatoms. The van der Waals surface area contributed by atoms with E-state index in [1.54, 1.807) is 12.1 Å². The molecule has 0 saturated heterocycles. The Kier molecular flexibility index (Phi) is 7.59. The van der Waals surface area contributed by atoms with Crippen LogP contribution >= 0.6 is 23.9 Å². The fraction of sp³-hybridized carbons (Fsp3) is 0.333. The van der Waals surface area contributed by atoms with E-state index in [1.807, 2.05) is 39.8 Å². The number of thiocarbonyl (C=S) groups is 1. The number of hydrogen-bond acceptors (Lipinski definition) is 8. The average Bonchev–Trinajstić information content (AvgIpc) is 3.21. The van der Waals surface area contributed by atoms with Gasteiger partial charge in [0.2, 0.25) is 5.75 Å². The summed E-state index contributed by atoms with van der Waals surface area (Å²) in [6, 6.07) is 7.05. The third-order valence-electron chi connectivity index (χ3n) is 4.27. The maximum atomic E-state index is 12.9. The van der Waals surface area contributed by atoms with Crippen molar-refractivity contribution in [1.82, 2.24) is 14.1 Å². The van der Waals surface area contributed by atoms with Gasteiger partial charge < -0.3 is 19.5 Å². The molecule has 1 amide bonds. The zero-order valence-electron chi connectivity index (χ0n) is 17.8. The van der Waals surface area contributed by atoms with Crippen LogP contribution in [0.1, 0.15) is 36.7 Å². The number of carbonyl (C=O) groups is 1. The van der Waals surface area contributed by atoms with E-state index in [-0.39, 0.29) is 5.11 Å². The van der Waals surface area contributed by atoms with E-state index in [2.05, 4.69) is 19.4 Å². The standard InChI is InChI=1S/C21H24N4O4S2/c1-5-27-15-10-13(11-16(28-6-2)19(15)29-7-3)20(26)23-21(30)22-17-12(4)8-9-14-18(17)25-31-24-14/h8-11H,5-7H2,1-4H3,(H2,22,23,26,30). The Morgan fingerprint density at radius 2 is 1.68 bits per heavy atom. The molecule has 0 spiro atoms. The van der Waals surface area contributed by atoms with Gasteiger partial charge >= 0.3 is 0 Å². The summed E-state index contributed by atoms with van der Waals surface area (Å²) in [5.74, 6) is 0.951. The van der Waals surface area contributed by atoms with Crippen molar-refractivity contribution >= 4 is 51.7 Å². The van der Waals surface area contributed by atoms with E-state index in [0.717, 1.165) is 22.8 Å². The number of benzene rings is 2. The molecule has 1 aromatic heterocycles. The zero-order valence-corrected chi connectivity index (χ0v) is 19.4. The van der Waals surface area contributed by atoms with Crippen molar-refractivity contribution in [3.8, 4) is 17.2 Å². The molecule has 0 unspecified atom stereocenters. The van der Waals surface area contributed by atoms with Crippen molar-refractivity contribution in [2.75, 3.05) is 25.1 Å². The van der Waals surface area contributed by atoms with E-state index < -0.39 is 5.91 Å². The molecule has 0 atom stereocenters. The lowest BCUT2D eigenvalue weighted by molar-refractivity contribution is 0.0976. The predicted molar refractivity (Wildman–Crippen MR) is 126 cm³/mol. The number of nitrogens with one attached hydrogen (secondary N) is 2. The van der Waals surface area contributed by atoms with Crippen molar-refractivity contribution < 1.29 is 19.0 Å². The zero-order chi connectivity index (χ0) is 22.4. The molecule has 0 aliphatic rings. The van der Waals surface area contributed by atoms with Gasteiger partial charge in [-0.15, -0.1) is 0 Å². The van der Waals surface area contributed by atoms with Crippen LogP contribution in [0.4, 0.5) is 5.69 Å². The molecule has 3 aromatic rings. The minimum absolute atomic E-state index is 0.151. The van der Waals surface area contributed by atoms with Crippen molar-refractivity contribution in [3.63, 3.8) is 0 Å². The van der Waals surface area contributed by atoms with Gasteiger partial charge in [-0.1, -0.05) is 6.07 Å². The first-order valence-electron chi connectivity index (χ1n) is 9.89. The maximum absolute atomic E-state index is 12.9. The van der Waals surface area contributed by atoms with Gasteiger partial charge in [0.05, 0.1) is 37.2 Å². The lowest BCUT2D eigenvalue weighted by Crippen LogP contribution is -2.34. The molecule has 0 aliphatic heterocycles. The molecule has 2 aromatic carbocycles. The Morgan fingerprint density at radius 3 is 2.29 bits per heavy atom. The Balaban J connectivity index is 1.84. The third kappa shape index (κ3) is 5.20. The van der Waals surface area contributed by atoms with Crippen LogP contribution in [0.15, 0.2) is 24.3 Å². The minimum Gasteiger partial charge on any atom is -0.490 e. The molecule has 3 rings (SSSR count). The summed E-state index contributed by atoms with van der Waals surface area (Å²) >= 11 is 6.49. The highest BCUT2D eigenvalue weighted by Crippen LogP contribution is 2.39. The number of fused-ring (bicyclic) bond motifs is 1. The van der Waals surface area contributed by atoms with Crippen LogP contribution in [0.2, 0.25) is 0 Å². The molecule has 0 fully saturated rings. The number of aromatic nitrogens is 2. The highest BCUT2D eigenvalue weighted by molar-refractivity contribution is 7.80. The third-order valence-corrected chi connectivity index (χ3v) is 5.02. The van der Waals surface area contributed by atoms with Crippen molar-refractivity contribution in [1.29, 1.82) is 0 Å². The molecule has 0 radical (unpaired) electrons. The first-order valence-corrected chi connectivity index (χ1v) is 11.0. The van der Waals surface area contributed by atoms with Gasteiger partial charge in [-0.25, -0.2) is 0 Å². The van der Waals surface area contributed by atoms with Gasteiger partial charge in [-0.3, -0.25) is 10.1 Å². The molecule has 164 valence electrons. The number of rotatable bonds is 8. The van der Waals surface area contributed by atoms with Gasteiger partial charge in [0.25, 0.3) is 5.91 Å². The number of ether oxygens (including phenoxy) is 3. The highest BCUT2D eigenvalue weighted by atomic mass is 32.1. The fourth-order valence-corrected chi connectivity index (χ4v) is 3.69. The highest BCUT2D eigenvalue weighted by Gasteiger charge is 2.19. The van der Waals surface area contributed by atoms with Crippen LogP contribution in [0.5, 0.6) is 17.2 Å². The van der Waals surface area contributed by atoms with Crippen molar-refractivity contribution in [3.05, 3.63) is 35.4 Å². The first kappa shape index (κ1) is 22.7. The van der Waals surface area contributed by atoms with Crippen LogP contribution in [0.25, 0.3) is 11.0 Å². The number of anilines is 1. The minimum atomic E-state index is -0.399. The van der Waals surface area contributed by atoms with Crippen LogP contribution in [0.3, 0.4) is 0 Å². The molecular formula is C21H24N4O4S2. The van der Waals surface area contributed by atoms with Gasteiger partial charge in [0.1, 0.15) is 11.0 Å². The number of hydrogen-bond donors (Lipinski definition) is 2. The van der Waals surface area contributed by atoms with Gasteiger partial charge in [-0.05, 0) is 63.7 Å². The summed E-state index contributed by atoms with van der Waals surface area (Å²) in [5.41, 5.74) is 3.47. The Bertz CT molecular complexity index is 1070. The van der Waals surface area contributed by atoms with E-state index in [4.69, 9.17) is 26.4 Å². The predicted octanol–water partition coefficient (Wildman–Crippen LogP) is 4.32. The lowest BCUT2D eigenvalue weighted by atomic mass is 10.1. The number of carbonyl (C=O) groups excluding carboxylic acids is 1. The second kappa shape index (κ2) is 10.4. The van der Waals surface area contributed by atoms with Gasteiger partial charge in [0.15, 0.2) is 16.6 Å². The Hall–Kier alpha value is -2.98. The normalized spacial score (nSPS) is 10.6. The number of amides is 1. The molecule has 0 aliphatic carbocycles. The molecule has 0 bridgehead atoms. The average molecular weight is 461 g/mol. The second-order valence-electron chi connectivity index (χ2n) is 6.40. The summed E-state index contributed by atoms with van der Waals surface area (Å²) in [6.45, 7) is 8.80. The van der Waals surface area contributed by atoms with Gasteiger partial charge in [-0.2, -0.15) is 8.75 Å². The molecule has 31 heavy (non-hydrogen) atoms. The quantitative estimate of drug-likeness (QED) is 0.480. The van der Waals surface area contributed by atoms with Gasteiger partial charge in [0, 0.05) is 5.56 Å². The maximum Gasteiger partial charge on any atom is 0.257 e. The number of aryl methyl sites for hydroxylation is 1. The topological polar surface area (TPSA) is 94.6 Å². The molecule has 8 nitrogen and oxygen atoms in total. The van der Waals surface area contributed by atoms with E-state index >= 15 is 0 Å². The van der Waals surface area contributed by atoms with Crippen molar-refractivity contribution in [2.24, 2.45) is 0 Å². The first-order chi connectivity index (χ1) is 15.0. The summed E-state index contributed by atoms with van der Waals surface area (Å²) in [5, 5.41) is 5.92. The molecule has 0 saturated carbocycles. The molecule has 1 heterocycles. The molecule has 2 N–H and O–H groups in total. The van der Waals surface area contributed by atoms with E-state index in [1.165, 1.54) is 0 Å². The Morgan fingerprint density at radius 1 is 1.03 bits per heavy atom. The lowest BCUT2D eigenvalue weighted by Gasteiger charge is -2.17. The molecular weight excluding hydrogens is 436 g/mol. The van der Waals surface area contributed by atoms with Crippen LogP contribution < -0.4 is 24.8 Å². The van der Waals surface area contributed by atoms with Crippen LogP contribution in [-0.4, -0.2) is 39.6 Å². The fourth-order valence-electron chi connectivity index (χ4n) is 2.95. The van der Waals surface area contributed by atoms with Crippen LogP contribution in [-0.2, 0) is 0 Å². The smallest absolute Gasteiger partial charge is 0.257 e. The summed E-state index contributed by atoms with van der Waals surface area (Å²) in [7, 11) is 0. The summed E-state index contributed by atoms with van der Waals surface area (Å²) in [4.78, 5) is 12.9. The Labute approximate surface area is 190 Å². The van der Waals surface area contributed by atoms with E-state index in [9.17, 15) is 4.79 Å². The largest absolute Gasteiger partial charge is 0.490 e. The summed E-state index contributed by atoms with van der Waals surface area (Å²) in [6.07, 6.45) is 0. The second-order valence-corrected chi connectivity index (χ2v) is 7.34.